The zero-order valence-electron chi connectivity index (χ0n) is 17.3. The predicted octanol–water partition coefficient (Wildman–Crippen LogP) is 4.07. The number of carbonyl (C=O) groups is 3. The summed E-state index contributed by atoms with van der Waals surface area (Å²) in [4.78, 5) is 38.3. The highest BCUT2D eigenvalue weighted by Gasteiger charge is 2.36. The summed E-state index contributed by atoms with van der Waals surface area (Å²) in [5, 5.41) is 2.14. The molecule has 2 aromatic rings. The molecule has 0 atom stereocenters. The van der Waals surface area contributed by atoms with Crippen LogP contribution in [0.1, 0.15) is 32.3 Å². The van der Waals surface area contributed by atoms with Crippen molar-refractivity contribution in [3.8, 4) is 11.5 Å². The van der Waals surface area contributed by atoms with E-state index in [1.54, 1.807) is 18.2 Å². The number of halogens is 1. The highest BCUT2D eigenvalue weighted by atomic mass is 19.1. The first-order chi connectivity index (χ1) is 14.9. The molecule has 31 heavy (non-hydrogen) atoms. The number of ether oxygens (including phenoxy) is 2. The Morgan fingerprint density at radius 2 is 1.74 bits per heavy atom. The number of nitrogens with one attached hydrogen (secondary N) is 1. The van der Waals surface area contributed by atoms with Gasteiger partial charge >= 0.3 is 6.03 Å². The number of benzene rings is 2. The average Bonchev–Trinajstić information content (AvgIpc) is 2.74. The van der Waals surface area contributed by atoms with E-state index in [1.807, 2.05) is 6.92 Å². The van der Waals surface area contributed by atoms with Crippen molar-refractivity contribution in [2.24, 2.45) is 0 Å². The molecule has 8 heteroatoms. The van der Waals surface area contributed by atoms with Crippen LogP contribution in [0.15, 0.2) is 48.0 Å². The lowest BCUT2D eigenvalue weighted by molar-refractivity contribution is -0.122. The Morgan fingerprint density at radius 3 is 2.42 bits per heavy atom. The molecular formula is C23H23FN2O5. The fourth-order valence-corrected chi connectivity index (χ4v) is 2.98. The van der Waals surface area contributed by atoms with Crippen molar-refractivity contribution in [3.05, 3.63) is 59.4 Å². The molecular weight excluding hydrogens is 403 g/mol. The van der Waals surface area contributed by atoms with E-state index in [-0.39, 0.29) is 11.3 Å². The maximum Gasteiger partial charge on any atom is 0.335 e. The van der Waals surface area contributed by atoms with E-state index < -0.39 is 23.7 Å². The normalized spacial score (nSPS) is 15.3. The first kappa shape index (κ1) is 22.0. The van der Waals surface area contributed by atoms with Crippen LogP contribution in [0.25, 0.3) is 6.08 Å². The Bertz CT molecular complexity index is 1020. The van der Waals surface area contributed by atoms with Crippen LogP contribution in [-0.4, -0.2) is 31.1 Å². The molecule has 0 aromatic heterocycles. The number of unbranched alkanes of at least 4 members (excludes halogenated alkanes) is 1. The van der Waals surface area contributed by atoms with Gasteiger partial charge < -0.3 is 9.47 Å². The number of barbiturate groups is 1. The van der Waals surface area contributed by atoms with Gasteiger partial charge in [0.05, 0.1) is 18.9 Å². The van der Waals surface area contributed by atoms with Crippen molar-refractivity contribution in [2.45, 2.75) is 26.7 Å². The zero-order valence-corrected chi connectivity index (χ0v) is 17.3. The summed E-state index contributed by atoms with van der Waals surface area (Å²) in [5.41, 5.74) is 0.446. The lowest BCUT2D eigenvalue weighted by atomic mass is 10.1. The van der Waals surface area contributed by atoms with E-state index in [2.05, 4.69) is 12.2 Å². The molecule has 2 aromatic carbocycles. The SMILES string of the molecule is CCCCOc1ccc(C=C2C(=O)NC(=O)N(c3ccc(F)cc3)C2=O)cc1OCC. The van der Waals surface area contributed by atoms with Crippen molar-refractivity contribution in [2.75, 3.05) is 18.1 Å². The molecule has 1 N–H and O–H groups in total. The van der Waals surface area contributed by atoms with Crippen LogP contribution < -0.4 is 19.7 Å². The van der Waals surface area contributed by atoms with Gasteiger partial charge in [0.25, 0.3) is 11.8 Å². The Hall–Kier alpha value is -3.68. The summed E-state index contributed by atoms with van der Waals surface area (Å²) >= 11 is 0. The minimum absolute atomic E-state index is 0.150. The Balaban J connectivity index is 1.92. The van der Waals surface area contributed by atoms with Crippen LogP contribution in [0, 0.1) is 5.82 Å². The van der Waals surface area contributed by atoms with Crippen molar-refractivity contribution < 1.29 is 28.2 Å². The first-order valence-electron chi connectivity index (χ1n) is 10.0. The van der Waals surface area contributed by atoms with Gasteiger partial charge in [0, 0.05) is 0 Å². The molecule has 1 saturated heterocycles. The Morgan fingerprint density at radius 1 is 1.00 bits per heavy atom. The van der Waals surface area contributed by atoms with Crippen LogP contribution in [0.4, 0.5) is 14.9 Å². The number of anilines is 1. The lowest BCUT2D eigenvalue weighted by Gasteiger charge is -2.26. The van der Waals surface area contributed by atoms with Gasteiger partial charge in [-0.3, -0.25) is 14.9 Å². The number of nitrogens with zero attached hydrogens (tertiary/aromatic N) is 1. The Kier molecular flexibility index (Phi) is 7.02. The minimum atomic E-state index is -0.895. The van der Waals surface area contributed by atoms with Crippen LogP contribution in [0.2, 0.25) is 0 Å². The van der Waals surface area contributed by atoms with Gasteiger partial charge in [0.15, 0.2) is 11.5 Å². The van der Waals surface area contributed by atoms with Crippen molar-refractivity contribution in [1.82, 2.24) is 5.32 Å². The first-order valence-corrected chi connectivity index (χ1v) is 10.0. The number of hydrogen-bond acceptors (Lipinski definition) is 5. The van der Waals surface area contributed by atoms with Gasteiger partial charge in [-0.25, -0.2) is 14.1 Å². The summed E-state index contributed by atoms with van der Waals surface area (Å²) in [6, 6.07) is 9.00. The van der Waals surface area contributed by atoms with Gasteiger partial charge in [-0.2, -0.15) is 0 Å². The van der Waals surface area contributed by atoms with E-state index in [4.69, 9.17) is 9.47 Å². The smallest absolute Gasteiger partial charge is 0.335 e. The zero-order chi connectivity index (χ0) is 22.4. The quantitative estimate of drug-likeness (QED) is 0.391. The molecule has 0 saturated carbocycles. The molecule has 3 rings (SSSR count). The summed E-state index contributed by atoms with van der Waals surface area (Å²) in [6.45, 7) is 4.86. The van der Waals surface area contributed by atoms with E-state index in [9.17, 15) is 18.8 Å². The third-order valence-corrected chi connectivity index (χ3v) is 4.52. The molecule has 7 nitrogen and oxygen atoms in total. The Labute approximate surface area is 179 Å². The lowest BCUT2D eigenvalue weighted by Crippen LogP contribution is -2.54. The molecule has 4 amide bonds. The van der Waals surface area contributed by atoms with Crippen LogP contribution >= 0.6 is 0 Å². The van der Waals surface area contributed by atoms with Gasteiger partial charge in [-0.05, 0) is 61.4 Å². The van der Waals surface area contributed by atoms with Crippen molar-refractivity contribution >= 4 is 29.6 Å². The number of rotatable bonds is 8. The maximum absolute atomic E-state index is 13.2. The highest BCUT2D eigenvalue weighted by molar-refractivity contribution is 6.39. The standard InChI is InChI=1S/C23H23FN2O5/c1-3-5-12-31-19-11-6-15(14-20(19)30-4-2)13-18-21(27)25-23(29)26(22(18)28)17-9-7-16(24)8-10-17/h6-11,13-14H,3-5,12H2,1-2H3,(H,25,27,29). The fourth-order valence-electron chi connectivity index (χ4n) is 2.98. The van der Waals surface area contributed by atoms with Gasteiger partial charge in [0.2, 0.25) is 0 Å². The number of hydrogen-bond donors (Lipinski definition) is 1. The van der Waals surface area contributed by atoms with E-state index in [0.717, 1.165) is 29.9 Å². The van der Waals surface area contributed by atoms with E-state index in [1.165, 1.54) is 18.2 Å². The van der Waals surface area contributed by atoms with Crippen molar-refractivity contribution in [3.63, 3.8) is 0 Å². The third-order valence-electron chi connectivity index (χ3n) is 4.52. The van der Waals surface area contributed by atoms with Crippen LogP contribution in [-0.2, 0) is 9.59 Å². The van der Waals surface area contributed by atoms with Gasteiger partial charge in [0.1, 0.15) is 11.4 Å². The van der Waals surface area contributed by atoms with E-state index >= 15 is 0 Å². The summed E-state index contributed by atoms with van der Waals surface area (Å²) in [7, 11) is 0. The average molecular weight is 426 g/mol. The molecule has 1 aliphatic heterocycles. The fraction of sp³-hybridized carbons (Fsp3) is 0.261. The molecule has 0 bridgehead atoms. The minimum Gasteiger partial charge on any atom is -0.490 e. The van der Waals surface area contributed by atoms with Crippen molar-refractivity contribution in [1.29, 1.82) is 0 Å². The van der Waals surface area contributed by atoms with Gasteiger partial charge in [-0.1, -0.05) is 19.4 Å². The second-order valence-corrected chi connectivity index (χ2v) is 6.78. The topological polar surface area (TPSA) is 84.9 Å². The third kappa shape index (κ3) is 5.09. The number of urea groups is 1. The summed E-state index contributed by atoms with van der Waals surface area (Å²) < 4.78 is 24.6. The second kappa shape index (κ2) is 9.88. The maximum atomic E-state index is 13.2. The summed E-state index contributed by atoms with van der Waals surface area (Å²) in [5.74, 6) is -1.07. The van der Waals surface area contributed by atoms with E-state index in [0.29, 0.717) is 30.3 Å². The second-order valence-electron chi connectivity index (χ2n) is 6.78. The molecule has 1 heterocycles. The molecule has 0 spiro atoms. The molecule has 0 radical (unpaired) electrons. The molecule has 1 aliphatic rings. The number of imide groups is 2. The van der Waals surface area contributed by atoms with Gasteiger partial charge in [-0.15, -0.1) is 0 Å². The highest BCUT2D eigenvalue weighted by Crippen LogP contribution is 2.30. The molecule has 1 fully saturated rings. The molecule has 0 aliphatic carbocycles. The summed E-state index contributed by atoms with van der Waals surface area (Å²) in [6.07, 6.45) is 3.27. The molecule has 0 unspecified atom stereocenters. The predicted molar refractivity (Wildman–Crippen MR) is 113 cm³/mol. The monoisotopic (exact) mass is 426 g/mol. The van der Waals surface area contributed by atoms with Crippen LogP contribution in [0.5, 0.6) is 11.5 Å². The van der Waals surface area contributed by atoms with Crippen LogP contribution in [0.3, 0.4) is 0 Å². The number of carbonyl (C=O) groups excluding carboxylic acids is 3. The number of amides is 4. The largest absolute Gasteiger partial charge is 0.490 e. The molecule has 162 valence electrons.